The fraction of sp³-hybridized carbons (Fsp3) is 0.588. The van der Waals surface area contributed by atoms with Crippen LogP contribution in [-0.4, -0.2) is 57.6 Å². The summed E-state index contributed by atoms with van der Waals surface area (Å²) in [6.45, 7) is 10.4. The van der Waals surface area contributed by atoms with E-state index in [1.807, 2.05) is 34.6 Å². The molecule has 2 unspecified atom stereocenters. The summed E-state index contributed by atoms with van der Waals surface area (Å²) in [5.74, 6) is -0.0550. The Balaban J connectivity index is 2.07. The summed E-state index contributed by atoms with van der Waals surface area (Å²) in [6, 6.07) is 3.30. The predicted octanol–water partition coefficient (Wildman–Crippen LogP) is 2.55. The Labute approximate surface area is 137 Å². The van der Waals surface area contributed by atoms with E-state index in [9.17, 15) is 9.59 Å². The maximum absolute atomic E-state index is 12.5. The van der Waals surface area contributed by atoms with Gasteiger partial charge < -0.3 is 9.64 Å². The molecule has 1 fully saturated rings. The molecule has 0 radical (unpaired) electrons. The van der Waals surface area contributed by atoms with Crippen LogP contribution in [0, 0.1) is 0 Å². The van der Waals surface area contributed by atoms with Gasteiger partial charge in [-0.2, -0.15) is 0 Å². The molecule has 2 rings (SSSR count). The number of pyridine rings is 1. The highest BCUT2D eigenvalue weighted by Gasteiger charge is 2.37. The minimum absolute atomic E-state index is 0.0550. The first kappa shape index (κ1) is 17.2. The van der Waals surface area contributed by atoms with Gasteiger partial charge in [-0.1, -0.05) is 0 Å². The zero-order valence-corrected chi connectivity index (χ0v) is 14.4. The molecule has 0 spiro atoms. The van der Waals surface area contributed by atoms with E-state index in [2.05, 4.69) is 4.98 Å². The van der Waals surface area contributed by atoms with Gasteiger partial charge in [0.05, 0.1) is 17.6 Å². The van der Waals surface area contributed by atoms with Crippen LogP contribution in [0.5, 0.6) is 0 Å². The quantitative estimate of drug-likeness (QED) is 0.798. The maximum Gasteiger partial charge on any atom is 0.410 e. The lowest BCUT2D eigenvalue weighted by Crippen LogP contribution is -2.60. The Bertz CT molecular complexity index is 556. The monoisotopic (exact) mass is 319 g/mol. The van der Waals surface area contributed by atoms with Gasteiger partial charge in [0.15, 0.2) is 0 Å². The largest absolute Gasteiger partial charge is 0.444 e. The second kappa shape index (κ2) is 6.56. The molecule has 6 nitrogen and oxygen atoms in total. The molecule has 1 aliphatic rings. The molecule has 2 atom stereocenters. The second-order valence-corrected chi connectivity index (χ2v) is 7.04. The lowest BCUT2D eigenvalue weighted by Gasteiger charge is -2.44. The molecule has 1 saturated heterocycles. The molecule has 0 N–H and O–H groups in total. The molecule has 126 valence electrons. The van der Waals surface area contributed by atoms with Gasteiger partial charge in [-0.25, -0.2) is 4.79 Å². The van der Waals surface area contributed by atoms with Crippen molar-refractivity contribution in [1.82, 2.24) is 14.8 Å². The van der Waals surface area contributed by atoms with Crippen LogP contribution < -0.4 is 0 Å². The number of hydrogen-bond acceptors (Lipinski definition) is 4. The van der Waals surface area contributed by atoms with Crippen LogP contribution in [0.25, 0.3) is 0 Å². The lowest BCUT2D eigenvalue weighted by atomic mass is 10.1. The van der Waals surface area contributed by atoms with Crippen LogP contribution >= 0.6 is 0 Å². The van der Waals surface area contributed by atoms with Crippen molar-refractivity contribution in [2.45, 2.75) is 52.3 Å². The average Bonchev–Trinajstić information content (AvgIpc) is 2.44. The predicted molar refractivity (Wildman–Crippen MR) is 87.1 cm³/mol. The summed E-state index contributed by atoms with van der Waals surface area (Å²) < 4.78 is 5.47. The molecular weight excluding hydrogens is 294 g/mol. The Morgan fingerprint density at radius 2 is 1.83 bits per heavy atom. The smallest absolute Gasteiger partial charge is 0.410 e. The molecule has 2 amide bonds. The molecule has 1 aliphatic heterocycles. The highest BCUT2D eigenvalue weighted by molar-refractivity contribution is 5.94. The third-order valence-electron chi connectivity index (χ3n) is 3.72. The van der Waals surface area contributed by atoms with E-state index in [1.54, 1.807) is 34.3 Å². The van der Waals surface area contributed by atoms with Gasteiger partial charge >= 0.3 is 6.09 Å². The SMILES string of the molecule is CC1CN(C(=O)c2cccnc2)CC(C)N1C(=O)OC(C)(C)C. The summed E-state index contributed by atoms with van der Waals surface area (Å²) in [7, 11) is 0. The summed E-state index contributed by atoms with van der Waals surface area (Å²) in [4.78, 5) is 32.4. The van der Waals surface area contributed by atoms with E-state index < -0.39 is 5.60 Å². The molecular formula is C17H25N3O3. The van der Waals surface area contributed by atoms with Crippen molar-refractivity contribution in [2.75, 3.05) is 13.1 Å². The molecule has 0 saturated carbocycles. The van der Waals surface area contributed by atoms with Crippen molar-refractivity contribution in [3.8, 4) is 0 Å². The number of ether oxygens (including phenoxy) is 1. The minimum Gasteiger partial charge on any atom is -0.444 e. The number of rotatable bonds is 1. The molecule has 23 heavy (non-hydrogen) atoms. The third kappa shape index (κ3) is 4.21. The summed E-state index contributed by atoms with van der Waals surface area (Å²) in [5, 5.41) is 0. The fourth-order valence-electron chi connectivity index (χ4n) is 2.83. The summed E-state index contributed by atoms with van der Waals surface area (Å²) in [5.41, 5.74) is 0.0387. The van der Waals surface area contributed by atoms with Gasteiger partial charge in [0.25, 0.3) is 5.91 Å². The van der Waals surface area contributed by atoms with Crippen LogP contribution in [0.3, 0.4) is 0 Å². The number of hydrogen-bond donors (Lipinski definition) is 0. The van der Waals surface area contributed by atoms with Crippen molar-refractivity contribution in [3.05, 3.63) is 30.1 Å². The Kier molecular flexibility index (Phi) is 4.92. The van der Waals surface area contributed by atoms with Crippen LogP contribution in [0.4, 0.5) is 4.79 Å². The molecule has 0 aliphatic carbocycles. The number of nitrogens with zero attached hydrogens (tertiary/aromatic N) is 3. The van der Waals surface area contributed by atoms with Crippen molar-refractivity contribution < 1.29 is 14.3 Å². The van der Waals surface area contributed by atoms with Gasteiger partial charge in [-0.3, -0.25) is 14.7 Å². The third-order valence-corrected chi connectivity index (χ3v) is 3.72. The number of carbonyl (C=O) groups is 2. The average molecular weight is 319 g/mol. The van der Waals surface area contributed by atoms with Gasteiger partial charge in [0, 0.05) is 25.5 Å². The van der Waals surface area contributed by atoms with Gasteiger partial charge in [-0.05, 0) is 46.8 Å². The first-order valence-electron chi connectivity index (χ1n) is 7.89. The second-order valence-electron chi connectivity index (χ2n) is 7.04. The van der Waals surface area contributed by atoms with Gasteiger partial charge in [0.1, 0.15) is 5.60 Å². The van der Waals surface area contributed by atoms with Crippen LogP contribution in [0.15, 0.2) is 24.5 Å². The number of aromatic nitrogens is 1. The normalized spacial score (nSPS) is 22.0. The highest BCUT2D eigenvalue weighted by Crippen LogP contribution is 2.21. The van der Waals surface area contributed by atoms with Crippen molar-refractivity contribution >= 4 is 12.0 Å². The molecule has 6 heteroatoms. The van der Waals surface area contributed by atoms with E-state index >= 15 is 0 Å². The van der Waals surface area contributed by atoms with Crippen molar-refractivity contribution in [1.29, 1.82) is 0 Å². The first-order chi connectivity index (χ1) is 10.7. The highest BCUT2D eigenvalue weighted by atomic mass is 16.6. The lowest BCUT2D eigenvalue weighted by molar-refractivity contribution is -0.0129. The Hall–Kier alpha value is -2.11. The zero-order valence-electron chi connectivity index (χ0n) is 14.4. The number of amides is 2. The van der Waals surface area contributed by atoms with Crippen molar-refractivity contribution in [2.24, 2.45) is 0 Å². The van der Waals surface area contributed by atoms with E-state index in [0.717, 1.165) is 0 Å². The summed E-state index contributed by atoms with van der Waals surface area (Å²) in [6.07, 6.45) is 2.88. The van der Waals surface area contributed by atoms with Crippen LogP contribution in [0.1, 0.15) is 45.0 Å². The van der Waals surface area contributed by atoms with E-state index in [4.69, 9.17) is 4.74 Å². The number of piperazine rings is 1. The Morgan fingerprint density at radius 1 is 1.22 bits per heavy atom. The molecule has 0 bridgehead atoms. The van der Waals surface area contributed by atoms with Crippen LogP contribution in [-0.2, 0) is 4.74 Å². The molecule has 1 aromatic heterocycles. The van der Waals surface area contributed by atoms with E-state index in [0.29, 0.717) is 18.7 Å². The molecule has 2 heterocycles. The zero-order chi connectivity index (χ0) is 17.2. The first-order valence-corrected chi connectivity index (χ1v) is 7.89. The topological polar surface area (TPSA) is 62.7 Å². The molecule has 0 aromatic carbocycles. The van der Waals surface area contributed by atoms with E-state index in [1.165, 1.54) is 0 Å². The Morgan fingerprint density at radius 3 is 2.30 bits per heavy atom. The van der Waals surface area contributed by atoms with Crippen LogP contribution in [0.2, 0.25) is 0 Å². The standard InChI is InChI=1S/C17H25N3O3/c1-12-10-19(15(21)14-7-6-8-18-9-14)11-13(2)20(12)16(22)23-17(3,4)5/h6-9,12-13H,10-11H2,1-5H3. The maximum atomic E-state index is 12.5. The molecule has 1 aromatic rings. The van der Waals surface area contributed by atoms with Gasteiger partial charge in [0.2, 0.25) is 0 Å². The fourth-order valence-corrected chi connectivity index (χ4v) is 2.83. The van der Waals surface area contributed by atoms with Gasteiger partial charge in [-0.15, -0.1) is 0 Å². The summed E-state index contributed by atoms with van der Waals surface area (Å²) >= 11 is 0. The number of carbonyl (C=O) groups excluding carboxylic acids is 2. The van der Waals surface area contributed by atoms with E-state index in [-0.39, 0.29) is 24.1 Å². The van der Waals surface area contributed by atoms with Crippen molar-refractivity contribution in [3.63, 3.8) is 0 Å². The minimum atomic E-state index is -0.529.